The van der Waals surface area contributed by atoms with Gasteiger partial charge in [0.05, 0.1) is 0 Å². The molecule has 3 N–H and O–H groups in total. The number of aromatic amines is 1. The molecule has 4 aliphatic carbocycles. The number of nitrogens with zero attached hydrogens (tertiary/aromatic N) is 3. The van der Waals surface area contributed by atoms with Gasteiger partial charge in [0.25, 0.3) is 0 Å². The van der Waals surface area contributed by atoms with E-state index in [0.29, 0.717) is 12.0 Å². The van der Waals surface area contributed by atoms with E-state index in [4.69, 9.17) is 5.73 Å². The van der Waals surface area contributed by atoms with Gasteiger partial charge < -0.3 is 5.73 Å². The van der Waals surface area contributed by atoms with Crippen molar-refractivity contribution in [2.45, 2.75) is 50.9 Å². The molecule has 0 spiro atoms. The van der Waals surface area contributed by atoms with E-state index in [0.717, 1.165) is 23.6 Å². The predicted octanol–water partition coefficient (Wildman–Crippen LogP) is 1.85. The number of tetrazole rings is 1. The lowest BCUT2D eigenvalue weighted by Crippen LogP contribution is -2.47. The van der Waals surface area contributed by atoms with Crippen LogP contribution in [0, 0.1) is 23.2 Å². The summed E-state index contributed by atoms with van der Waals surface area (Å²) in [5.74, 6) is 4.09. The monoisotopic (exact) mass is 261 g/mol. The summed E-state index contributed by atoms with van der Waals surface area (Å²) in [6.07, 6.45) is 9.93. The Labute approximate surface area is 113 Å². The molecule has 0 aliphatic heterocycles. The number of hydrogen-bond donors (Lipinski definition) is 2. The van der Waals surface area contributed by atoms with Crippen LogP contribution in [-0.2, 0) is 0 Å². The number of nitrogens with one attached hydrogen (secondary N) is 1. The zero-order valence-electron chi connectivity index (χ0n) is 11.4. The molecule has 5 nitrogen and oxygen atoms in total. The van der Waals surface area contributed by atoms with Crippen molar-refractivity contribution in [3.8, 4) is 0 Å². The van der Waals surface area contributed by atoms with Gasteiger partial charge in [0.2, 0.25) is 0 Å². The van der Waals surface area contributed by atoms with Crippen molar-refractivity contribution >= 4 is 0 Å². The summed E-state index contributed by atoms with van der Waals surface area (Å²) in [4.78, 5) is 0. The first kappa shape index (κ1) is 11.8. The molecular formula is C14H23N5. The number of H-pyrrole nitrogens is 1. The summed E-state index contributed by atoms with van der Waals surface area (Å²) in [6.45, 7) is 0.640. The lowest BCUT2D eigenvalue weighted by atomic mass is 9.48. The Hall–Kier alpha value is -0.970. The molecule has 4 saturated carbocycles. The average Bonchev–Trinajstić information content (AvgIpc) is 2.88. The van der Waals surface area contributed by atoms with E-state index in [2.05, 4.69) is 20.6 Å². The van der Waals surface area contributed by atoms with Gasteiger partial charge in [0.1, 0.15) is 0 Å². The van der Waals surface area contributed by atoms with Crippen LogP contribution in [0.2, 0.25) is 0 Å². The third-order valence-electron chi connectivity index (χ3n) is 5.86. The first-order valence-electron chi connectivity index (χ1n) is 7.70. The summed E-state index contributed by atoms with van der Waals surface area (Å²) in [6, 6.07) is 0. The maximum absolute atomic E-state index is 5.97. The fourth-order valence-electron chi connectivity index (χ4n) is 5.69. The highest BCUT2D eigenvalue weighted by atomic mass is 15.5. The van der Waals surface area contributed by atoms with Gasteiger partial charge in [-0.15, -0.1) is 10.2 Å². The van der Waals surface area contributed by atoms with Crippen LogP contribution in [0.3, 0.4) is 0 Å². The molecule has 1 aromatic heterocycles. The molecule has 0 aromatic carbocycles. The number of nitrogens with two attached hydrogens (primary N) is 1. The van der Waals surface area contributed by atoms with E-state index in [1.807, 2.05) is 0 Å². The first-order valence-corrected chi connectivity index (χ1v) is 7.70. The van der Waals surface area contributed by atoms with Crippen LogP contribution in [0.25, 0.3) is 0 Å². The van der Waals surface area contributed by atoms with Gasteiger partial charge in [0.15, 0.2) is 5.82 Å². The molecule has 4 bridgehead atoms. The van der Waals surface area contributed by atoms with E-state index in [1.165, 1.54) is 44.9 Å². The number of rotatable bonds is 4. The second-order valence-electron chi connectivity index (χ2n) is 7.32. The molecule has 0 saturated heterocycles. The van der Waals surface area contributed by atoms with Crippen LogP contribution in [0.1, 0.15) is 56.7 Å². The fraction of sp³-hybridized carbons (Fsp3) is 0.929. The zero-order valence-corrected chi connectivity index (χ0v) is 11.4. The lowest BCUT2D eigenvalue weighted by molar-refractivity contribution is -0.0607. The highest BCUT2D eigenvalue weighted by Gasteiger charge is 2.51. The van der Waals surface area contributed by atoms with Gasteiger partial charge in [-0.05, 0) is 68.1 Å². The fourth-order valence-corrected chi connectivity index (χ4v) is 5.69. The zero-order chi connectivity index (χ0) is 12.9. The minimum atomic E-state index is 0.287. The maximum atomic E-state index is 5.97. The Bertz CT molecular complexity index is 405. The molecule has 0 amide bonds. The van der Waals surface area contributed by atoms with E-state index in [9.17, 15) is 0 Å². The Morgan fingerprint density at radius 3 is 2.26 bits per heavy atom. The van der Waals surface area contributed by atoms with Crippen LogP contribution in [0.4, 0.5) is 0 Å². The second-order valence-corrected chi connectivity index (χ2v) is 7.32. The Morgan fingerprint density at radius 1 is 1.16 bits per heavy atom. The Morgan fingerprint density at radius 2 is 1.79 bits per heavy atom. The normalized spacial score (nSPS) is 41.6. The molecule has 104 valence electrons. The first-order chi connectivity index (χ1) is 9.26. The summed E-state index contributed by atoms with van der Waals surface area (Å²) < 4.78 is 0. The Kier molecular flexibility index (Phi) is 2.65. The van der Waals surface area contributed by atoms with Gasteiger partial charge in [-0.25, -0.2) is 0 Å². The van der Waals surface area contributed by atoms with Crippen molar-refractivity contribution in [1.82, 2.24) is 20.6 Å². The van der Waals surface area contributed by atoms with Crippen molar-refractivity contribution in [1.29, 1.82) is 0 Å². The van der Waals surface area contributed by atoms with Gasteiger partial charge in [-0.3, -0.25) is 0 Å². The highest BCUT2D eigenvalue weighted by molar-refractivity contribution is 5.05. The van der Waals surface area contributed by atoms with Gasteiger partial charge >= 0.3 is 0 Å². The SMILES string of the molecule is NCC(CC12CC3CC(CC(C3)C1)C2)c1nn[nH]n1. The lowest BCUT2D eigenvalue weighted by Gasteiger charge is -2.57. The van der Waals surface area contributed by atoms with Crippen molar-refractivity contribution in [3.63, 3.8) is 0 Å². The molecule has 1 atom stereocenters. The molecule has 19 heavy (non-hydrogen) atoms. The van der Waals surface area contributed by atoms with E-state index < -0.39 is 0 Å². The summed E-state index contributed by atoms with van der Waals surface area (Å²) >= 11 is 0. The van der Waals surface area contributed by atoms with Crippen molar-refractivity contribution in [2.75, 3.05) is 6.54 Å². The molecule has 5 heteroatoms. The van der Waals surface area contributed by atoms with Gasteiger partial charge in [-0.2, -0.15) is 5.21 Å². The number of aromatic nitrogens is 4. The topological polar surface area (TPSA) is 80.5 Å². The quantitative estimate of drug-likeness (QED) is 0.866. The largest absolute Gasteiger partial charge is 0.330 e. The minimum Gasteiger partial charge on any atom is -0.330 e. The summed E-state index contributed by atoms with van der Waals surface area (Å²) in [5.41, 5.74) is 6.51. The molecule has 1 unspecified atom stereocenters. The van der Waals surface area contributed by atoms with Gasteiger partial charge in [0, 0.05) is 12.5 Å². The van der Waals surface area contributed by atoms with Crippen molar-refractivity contribution in [3.05, 3.63) is 5.82 Å². The standard InChI is InChI=1S/C14H23N5/c15-8-12(13-16-18-19-17-13)7-14-4-9-1-10(5-14)3-11(2-9)6-14/h9-12H,1-8,15H2,(H,16,17,18,19). The molecule has 1 heterocycles. The molecule has 4 aliphatic rings. The Balaban J connectivity index is 1.55. The minimum absolute atomic E-state index is 0.287. The second kappa shape index (κ2) is 4.27. The molecule has 1 aromatic rings. The number of hydrogen-bond acceptors (Lipinski definition) is 4. The average molecular weight is 261 g/mol. The van der Waals surface area contributed by atoms with Crippen LogP contribution >= 0.6 is 0 Å². The molecule has 4 fully saturated rings. The predicted molar refractivity (Wildman–Crippen MR) is 71.2 cm³/mol. The van der Waals surface area contributed by atoms with Crippen LogP contribution in [0.5, 0.6) is 0 Å². The highest BCUT2D eigenvalue weighted by Crippen LogP contribution is 2.62. The van der Waals surface area contributed by atoms with Gasteiger partial charge in [-0.1, -0.05) is 5.21 Å². The van der Waals surface area contributed by atoms with Crippen LogP contribution in [0.15, 0.2) is 0 Å². The molecule has 0 radical (unpaired) electrons. The van der Waals surface area contributed by atoms with E-state index in [1.54, 1.807) is 0 Å². The smallest absolute Gasteiger partial charge is 0.178 e. The molecule has 5 rings (SSSR count). The van der Waals surface area contributed by atoms with Crippen LogP contribution < -0.4 is 5.73 Å². The summed E-state index contributed by atoms with van der Waals surface area (Å²) in [7, 11) is 0. The third kappa shape index (κ3) is 1.98. The van der Waals surface area contributed by atoms with Crippen molar-refractivity contribution < 1.29 is 0 Å². The maximum Gasteiger partial charge on any atom is 0.178 e. The third-order valence-corrected chi connectivity index (χ3v) is 5.86. The summed E-state index contributed by atoms with van der Waals surface area (Å²) in [5, 5.41) is 14.6. The van der Waals surface area contributed by atoms with Crippen molar-refractivity contribution in [2.24, 2.45) is 28.9 Å². The molecular weight excluding hydrogens is 238 g/mol. The van der Waals surface area contributed by atoms with Crippen LogP contribution in [-0.4, -0.2) is 27.2 Å². The van der Waals surface area contributed by atoms with E-state index >= 15 is 0 Å². The van der Waals surface area contributed by atoms with E-state index in [-0.39, 0.29) is 5.92 Å².